The first-order chi connectivity index (χ1) is 8.88. The molecule has 1 heterocycles. The molecule has 1 aromatic heterocycles. The van der Waals surface area contributed by atoms with Gasteiger partial charge in [0.15, 0.2) is 5.82 Å². The van der Waals surface area contributed by atoms with Gasteiger partial charge in [0.05, 0.1) is 17.4 Å². The highest BCUT2D eigenvalue weighted by molar-refractivity contribution is 6.05. The number of benzene rings is 1. The van der Waals surface area contributed by atoms with Gasteiger partial charge in [-0.2, -0.15) is 18.3 Å². The van der Waals surface area contributed by atoms with Gasteiger partial charge >= 0.3 is 6.18 Å². The first-order valence-electron chi connectivity index (χ1n) is 5.15. The number of nitrogens with two attached hydrogens (primary N) is 1. The molecule has 4 N–H and O–H groups in total. The third kappa shape index (κ3) is 2.84. The van der Waals surface area contributed by atoms with Crippen LogP contribution < -0.4 is 11.1 Å². The second kappa shape index (κ2) is 4.63. The Kier molecular flexibility index (Phi) is 3.16. The minimum atomic E-state index is -4.43. The van der Waals surface area contributed by atoms with Gasteiger partial charge in [-0.1, -0.05) is 0 Å². The summed E-state index contributed by atoms with van der Waals surface area (Å²) >= 11 is 0. The SMILES string of the molecule is Nc1cn[nH]c1NC(=O)c1ccc(C(F)(F)F)cc1. The molecule has 1 aromatic carbocycles. The van der Waals surface area contributed by atoms with Crippen LogP contribution >= 0.6 is 0 Å². The van der Waals surface area contributed by atoms with Crippen LogP contribution in [0.5, 0.6) is 0 Å². The number of alkyl halides is 3. The quantitative estimate of drug-likeness (QED) is 0.782. The van der Waals surface area contributed by atoms with Gasteiger partial charge in [-0.15, -0.1) is 0 Å². The van der Waals surface area contributed by atoms with Crippen molar-refractivity contribution in [2.45, 2.75) is 6.18 Å². The maximum Gasteiger partial charge on any atom is 0.416 e. The van der Waals surface area contributed by atoms with E-state index >= 15 is 0 Å². The number of nitrogens with zero attached hydrogens (tertiary/aromatic N) is 1. The Morgan fingerprint density at radius 1 is 1.26 bits per heavy atom. The zero-order valence-electron chi connectivity index (χ0n) is 9.45. The molecule has 0 bridgehead atoms. The average Bonchev–Trinajstić information content (AvgIpc) is 2.74. The lowest BCUT2D eigenvalue weighted by molar-refractivity contribution is -0.137. The van der Waals surface area contributed by atoms with Crippen LogP contribution in [0.15, 0.2) is 30.5 Å². The smallest absolute Gasteiger partial charge is 0.394 e. The van der Waals surface area contributed by atoms with Gasteiger partial charge in [-0.05, 0) is 24.3 Å². The molecule has 0 atom stereocenters. The fourth-order valence-corrected chi connectivity index (χ4v) is 1.39. The van der Waals surface area contributed by atoms with Crippen molar-refractivity contribution in [1.29, 1.82) is 0 Å². The van der Waals surface area contributed by atoms with Gasteiger partial charge < -0.3 is 11.1 Å². The summed E-state index contributed by atoms with van der Waals surface area (Å²) in [5.41, 5.74) is 5.00. The summed E-state index contributed by atoms with van der Waals surface area (Å²) in [5.74, 6) is -0.380. The molecule has 0 radical (unpaired) electrons. The number of anilines is 2. The number of rotatable bonds is 2. The molecule has 2 rings (SSSR count). The van der Waals surface area contributed by atoms with E-state index in [2.05, 4.69) is 15.5 Å². The summed E-state index contributed by atoms with van der Waals surface area (Å²) in [5, 5.41) is 8.46. The summed E-state index contributed by atoms with van der Waals surface area (Å²) in [6, 6.07) is 3.85. The molecule has 0 saturated heterocycles. The van der Waals surface area contributed by atoms with E-state index in [9.17, 15) is 18.0 Å². The van der Waals surface area contributed by atoms with Crippen molar-refractivity contribution in [2.24, 2.45) is 0 Å². The van der Waals surface area contributed by atoms with E-state index in [1.165, 1.54) is 6.20 Å². The number of carbonyl (C=O) groups is 1. The minimum Gasteiger partial charge on any atom is -0.394 e. The van der Waals surface area contributed by atoms with Gasteiger partial charge in [0.1, 0.15) is 0 Å². The number of nitrogen functional groups attached to an aromatic ring is 1. The lowest BCUT2D eigenvalue weighted by atomic mass is 10.1. The molecule has 0 spiro atoms. The number of aromatic amines is 1. The lowest BCUT2D eigenvalue weighted by Crippen LogP contribution is -2.14. The maximum absolute atomic E-state index is 12.3. The summed E-state index contributed by atoms with van der Waals surface area (Å²) < 4.78 is 37.0. The zero-order chi connectivity index (χ0) is 14.0. The van der Waals surface area contributed by atoms with Gasteiger partial charge in [0.2, 0.25) is 0 Å². The predicted octanol–water partition coefficient (Wildman–Crippen LogP) is 2.26. The number of halogens is 3. The second-order valence-electron chi connectivity index (χ2n) is 3.73. The van der Waals surface area contributed by atoms with E-state index in [1.54, 1.807) is 0 Å². The fourth-order valence-electron chi connectivity index (χ4n) is 1.39. The van der Waals surface area contributed by atoms with Crippen LogP contribution in [0.3, 0.4) is 0 Å². The van der Waals surface area contributed by atoms with E-state index in [0.717, 1.165) is 24.3 Å². The van der Waals surface area contributed by atoms with E-state index in [1.807, 2.05) is 0 Å². The number of hydrogen-bond acceptors (Lipinski definition) is 3. The number of carbonyl (C=O) groups excluding carboxylic acids is 1. The van der Waals surface area contributed by atoms with Crippen LogP contribution in [-0.2, 0) is 6.18 Å². The van der Waals surface area contributed by atoms with Crippen LogP contribution in [0.25, 0.3) is 0 Å². The van der Waals surface area contributed by atoms with Crippen molar-refractivity contribution >= 4 is 17.4 Å². The van der Waals surface area contributed by atoms with Crippen molar-refractivity contribution in [3.8, 4) is 0 Å². The molecule has 19 heavy (non-hydrogen) atoms. The highest BCUT2D eigenvalue weighted by atomic mass is 19.4. The predicted molar refractivity (Wildman–Crippen MR) is 62.4 cm³/mol. The van der Waals surface area contributed by atoms with Crippen molar-refractivity contribution < 1.29 is 18.0 Å². The highest BCUT2D eigenvalue weighted by Crippen LogP contribution is 2.29. The van der Waals surface area contributed by atoms with Crippen LogP contribution in [0.2, 0.25) is 0 Å². The Balaban J connectivity index is 2.14. The Hall–Kier alpha value is -2.51. The molecule has 8 heteroatoms. The topological polar surface area (TPSA) is 83.8 Å². The summed E-state index contributed by atoms with van der Waals surface area (Å²) in [6.07, 6.45) is -3.12. The van der Waals surface area contributed by atoms with Crippen LogP contribution in [0, 0.1) is 0 Å². The monoisotopic (exact) mass is 270 g/mol. The highest BCUT2D eigenvalue weighted by Gasteiger charge is 2.30. The van der Waals surface area contributed by atoms with E-state index in [-0.39, 0.29) is 17.1 Å². The Bertz CT molecular complexity index is 589. The number of hydrogen-bond donors (Lipinski definition) is 3. The molecule has 5 nitrogen and oxygen atoms in total. The lowest BCUT2D eigenvalue weighted by Gasteiger charge is -2.07. The third-order valence-electron chi connectivity index (χ3n) is 2.38. The minimum absolute atomic E-state index is 0.0852. The molecule has 0 aliphatic carbocycles. The average molecular weight is 270 g/mol. The third-order valence-corrected chi connectivity index (χ3v) is 2.38. The molecular weight excluding hydrogens is 261 g/mol. The maximum atomic E-state index is 12.3. The number of amides is 1. The molecular formula is C11H9F3N4O. The fraction of sp³-hybridized carbons (Fsp3) is 0.0909. The van der Waals surface area contributed by atoms with Crippen LogP contribution in [0.4, 0.5) is 24.7 Å². The van der Waals surface area contributed by atoms with Crippen molar-refractivity contribution in [3.63, 3.8) is 0 Å². The molecule has 0 unspecified atom stereocenters. The standard InChI is InChI=1S/C11H9F3N4O/c12-11(13,14)7-3-1-6(2-4-7)10(19)17-9-8(15)5-16-18-9/h1-5H,15H2,(H2,16,17,18,19). The van der Waals surface area contributed by atoms with Gasteiger partial charge in [-0.25, -0.2) is 0 Å². The summed E-state index contributed by atoms with van der Waals surface area (Å²) in [6.45, 7) is 0. The van der Waals surface area contributed by atoms with Crippen molar-refractivity contribution in [1.82, 2.24) is 10.2 Å². The van der Waals surface area contributed by atoms with Gasteiger partial charge in [0.25, 0.3) is 5.91 Å². The molecule has 0 aliphatic rings. The molecule has 1 amide bonds. The Morgan fingerprint density at radius 2 is 1.89 bits per heavy atom. The van der Waals surface area contributed by atoms with Crippen LogP contribution in [-0.4, -0.2) is 16.1 Å². The molecule has 100 valence electrons. The molecule has 0 aliphatic heterocycles. The Labute approximate surface area is 105 Å². The molecule has 2 aromatic rings. The summed E-state index contributed by atoms with van der Waals surface area (Å²) in [7, 11) is 0. The molecule has 0 fully saturated rings. The van der Waals surface area contributed by atoms with Crippen LogP contribution in [0.1, 0.15) is 15.9 Å². The van der Waals surface area contributed by atoms with Crippen molar-refractivity contribution in [2.75, 3.05) is 11.1 Å². The Morgan fingerprint density at radius 3 is 2.37 bits per heavy atom. The number of nitrogens with one attached hydrogen (secondary N) is 2. The van der Waals surface area contributed by atoms with E-state index < -0.39 is 17.6 Å². The number of H-pyrrole nitrogens is 1. The summed E-state index contributed by atoms with van der Waals surface area (Å²) in [4.78, 5) is 11.7. The van der Waals surface area contributed by atoms with Crippen molar-refractivity contribution in [3.05, 3.63) is 41.6 Å². The van der Waals surface area contributed by atoms with E-state index in [4.69, 9.17) is 5.73 Å². The van der Waals surface area contributed by atoms with Gasteiger partial charge in [0, 0.05) is 5.56 Å². The van der Waals surface area contributed by atoms with E-state index in [0.29, 0.717) is 0 Å². The zero-order valence-corrected chi connectivity index (χ0v) is 9.45. The first kappa shape index (κ1) is 12.9. The first-order valence-corrected chi connectivity index (χ1v) is 5.15. The second-order valence-corrected chi connectivity index (χ2v) is 3.73. The number of aromatic nitrogens is 2. The van der Waals surface area contributed by atoms with Gasteiger partial charge in [-0.3, -0.25) is 9.89 Å². The largest absolute Gasteiger partial charge is 0.416 e. The molecule has 0 saturated carbocycles. The normalized spacial score (nSPS) is 11.3.